The van der Waals surface area contributed by atoms with Crippen LogP contribution in [0.15, 0.2) is 0 Å². The molecule has 0 aromatic heterocycles. The third-order valence-corrected chi connectivity index (χ3v) is 3.21. The van der Waals surface area contributed by atoms with E-state index in [4.69, 9.17) is 10.2 Å². The van der Waals surface area contributed by atoms with Crippen LogP contribution < -0.4 is 10.6 Å². The van der Waals surface area contributed by atoms with Crippen molar-refractivity contribution in [2.24, 2.45) is 5.92 Å². The molecule has 18 heavy (non-hydrogen) atoms. The number of aliphatic hydroxyl groups excluding tert-OH is 1. The van der Waals surface area contributed by atoms with Crippen LogP contribution in [0.2, 0.25) is 0 Å². The lowest BCUT2D eigenvalue weighted by atomic mass is 9.94. The molecule has 1 aliphatic heterocycles. The number of hydrogen-bond donors (Lipinski definition) is 4. The smallest absolute Gasteiger partial charge is 0.328 e. The van der Waals surface area contributed by atoms with Gasteiger partial charge in [0.15, 0.2) is 6.04 Å². The van der Waals surface area contributed by atoms with Crippen LogP contribution in [0.3, 0.4) is 0 Å². The van der Waals surface area contributed by atoms with Crippen LogP contribution in [-0.4, -0.2) is 65.9 Å². The summed E-state index contributed by atoms with van der Waals surface area (Å²) in [5, 5.41) is 22.5. The average molecular weight is 259 g/mol. The van der Waals surface area contributed by atoms with Crippen LogP contribution >= 0.6 is 0 Å². The Morgan fingerprint density at radius 1 is 1.50 bits per heavy atom. The van der Waals surface area contributed by atoms with E-state index in [2.05, 4.69) is 15.5 Å². The summed E-state index contributed by atoms with van der Waals surface area (Å²) in [7, 11) is 2.03. The van der Waals surface area contributed by atoms with Gasteiger partial charge in [-0.25, -0.2) is 9.59 Å². The fourth-order valence-electron chi connectivity index (χ4n) is 2.12. The number of hydrogen-bond acceptors (Lipinski definition) is 4. The zero-order valence-electron chi connectivity index (χ0n) is 10.7. The molecule has 104 valence electrons. The summed E-state index contributed by atoms with van der Waals surface area (Å²) in [6, 6.07) is -1.77. The zero-order valence-corrected chi connectivity index (χ0v) is 10.7. The second-order valence-electron chi connectivity index (χ2n) is 4.83. The number of likely N-dealkylation sites (tertiary alicyclic amines) is 1. The van der Waals surface area contributed by atoms with E-state index in [9.17, 15) is 9.59 Å². The fourth-order valence-corrected chi connectivity index (χ4v) is 2.12. The fraction of sp³-hybridized carbons (Fsp3) is 0.818. The number of piperidine rings is 1. The summed E-state index contributed by atoms with van der Waals surface area (Å²) in [6.07, 6.45) is 0.835. The van der Waals surface area contributed by atoms with Crippen molar-refractivity contribution in [2.45, 2.75) is 25.4 Å². The molecular formula is C11H21N3O4. The molecule has 1 aliphatic rings. The van der Waals surface area contributed by atoms with Gasteiger partial charge in [0, 0.05) is 12.6 Å². The highest BCUT2D eigenvalue weighted by molar-refractivity contribution is 5.82. The number of urea groups is 1. The summed E-state index contributed by atoms with van der Waals surface area (Å²) in [5.74, 6) is -0.934. The molecule has 2 unspecified atom stereocenters. The Labute approximate surface area is 106 Å². The van der Waals surface area contributed by atoms with Crippen LogP contribution in [0.4, 0.5) is 4.79 Å². The summed E-state index contributed by atoms with van der Waals surface area (Å²) < 4.78 is 0. The van der Waals surface area contributed by atoms with E-state index in [0.717, 1.165) is 19.5 Å². The normalized spacial score (nSPS) is 26.4. The Hall–Kier alpha value is -1.34. The zero-order chi connectivity index (χ0) is 13.7. The number of carboxylic acid groups (broad SMARTS) is 1. The lowest BCUT2D eigenvalue weighted by Crippen LogP contribution is -2.54. The van der Waals surface area contributed by atoms with Crippen LogP contribution in [0, 0.1) is 5.92 Å². The van der Waals surface area contributed by atoms with E-state index in [1.165, 1.54) is 0 Å². The molecule has 0 aromatic rings. The number of amides is 2. The van der Waals surface area contributed by atoms with E-state index in [0.29, 0.717) is 5.92 Å². The van der Waals surface area contributed by atoms with Crippen molar-refractivity contribution in [1.82, 2.24) is 15.5 Å². The minimum atomic E-state index is -1.26. The van der Waals surface area contributed by atoms with E-state index >= 15 is 0 Å². The monoisotopic (exact) mass is 259 g/mol. The SMILES string of the molecule is CC1CN(C)CCC1NC(=O)N[C@@H](CO)C(=O)O. The topological polar surface area (TPSA) is 102 Å². The van der Waals surface area contributed by atoms with Crippen LogP contribution in [0.1, 0.15) is 13.3 Å². The Balaban J connectivity index is 2.42. The number of nitrogens with zero attached hydrogens (tertiary/aromatic N) is 1. The van der Waals surface area contributed by atoms with Crippen molar-refractivity contribution >= 4 is 12.0 Å². The van der Waals surface area contributed by atoms with Gasteiger partial charge in [0.2, 0.25) is 0 Å². The molecule has 7 nitrogen and oxygen atoms in total. The highest BCUT2D eigenvalue weighted by Crippen LogP contribution is 2.15. The van der Waals surface area contributed by atoms with E-state index < -0.39 is 24.6 Å². The van der Waals surface area contributed by atoms with Gasteiger partial charge in [-0.1, -0.05) is 6.92 Å². The first-order valence-electron chi connectivity index (χ1n) is 6.03. The van der Waals surface area contributed by atoms with Gasteiger partial charge < -0.3 is 25.7 Å². The molecule has 1 heterocycles. The first-order valence-corrected chi connectivity index (χ1v) is 6.03. The maximum absolute atomic E-state index is 11.6. The molecule has 0 saturated carbocycles. The van der Waals surface area contributed by atoms with Gasteiger partial charge in [-0.2, -0.15) is 0 Å². The molecule has 0 spiro atoms. The lowest BCUT2D eigenvalue weighted by Gasteiger charge is -2.35. The van der Waals surface area contributed by atoms with E-state index in [-0.39, 0.29) is 6.04 Å². The summed E-state index contributed by atoms with van der Waals surface area (Å²) in [6.45, 7) is 3.22. The van der Waals surface area contributed by atoms with E-state index in [1.807, 2.05) is 14.0 Å². The maximum Gasteiger partial charge on any atom is 0.328 e. The van der Waals surface area contributed by atoms with Crippen LogP contribution in [0.25, 0.3) is 0 Å². The number of rotatable bonds is 4. The molecule has 1 fully saturated rings. The molecule has 7 heteroatoms. The molecule has 0 aromatic carbocycles. The Morgan fingerprint density at radius 3 is 2.67 bits per heavy atom. The predicted octanol–water partition coefficient (Wildman–Crippen LogP) is -0.929. The summed E-state index contributed by atoms with van der Waals surface area (Å²) in [5.41, 5.74) is 0. The number of carbonyl (C=O) groups is 2. The number of aliphatic hydroxyl groups is 1. The molecule has 1 rings (SSSR count). The number of carbonyl (C=O) groups excluding carboxylic acids is 1. The van der Waals surface area contributed by atoms with Gasteiger partial charge in [0.1, 0.15) is 0 Å². The highest BCUT2D eigenvalue weighted by atomic mass is 16.4. The second kappa shape index (κ2) is 6.55. The molecule has 2 amide bonds. The summed E-state index contributed by atoms with van der Waals surface area (Å²) in [4.78, 5) is 24.4. The van der Waals surface area contributed by atoms with Crippen molar-refractivity contribution in [3.8, 4) is 0 Å². The van der Waals surface area contributed by atoms with Crippen LogP contribution in [0.5, 0.6) is 0 Å². The predicted molar refractivity (Wildman–Crippen MR) is 65.2 cm³/mol. The quantitative estimate of drug-likeness (QED) is 0.522. The van der Waals surface area contributed by atoms with Gasteiger partial charge in [0.05, 0.1) is 6.61 Å². The third-order valence-electron chi connectivity index (χ3n) is 3.21. The Bertz CT molecular complexity index is 311. The third kappa shape index (κ3) is 4.15. The van der Waals surface area contributed by atoms with Gasteiger partial charge in [-0.15, -0.1) is 0 Å². The number of nitrogens with one attached hydrogen (secondary N) is 2. The molecular weight excluding hydrogens is 238 g/mol. The van der Waals surface area contributed by atoms with Gasteiger partial charge in [-0.3, -0.25) is 0 Å². The van der Waals surface area contributed by atoms with Crippen molar-refractivity contribution < 1.29 is 19.8 Å². The largest absolute Gasteiger partial charge is 0.480 e. The first kappa shape index (κ1) is 14.7. The van der Waals surface area contributed by atoms with Gasteiger partial charge in [-0.05, 0) is 25.9 Å². The van der Waals surface area contributed by atoms with Crippen molar-refractivity contribution in [2.75, 3.05) is 26.7 Å². The number of aliphatic carboxylic acids is 1. The van der Waals surface area contributed by atoms with Crippen molar-refractivity contribution in [3.05, 3.63) is 0 Å². The molecule has 3 atom stereocenters. The molecule has 0 radical (unpaired) electrons. The molecule has 1 saturated heterocycles. The van der Waals surface area contributed by atoms with Crippen LogP contribution in [-0.2, 0) is 4.79 Å². The molecule has 0 bridgehead atoms. The minimum Gasteiger partial charge on any atom is -0.480 e. The highest BCUT2D eigenvalue weighted by Gasteiger charge is 2.27. The van der Waals surface area contributed by atoms with Gasteiger partial charge >= 0.3 is 12.0 Å². The maximum atomic E-state index is 11.6. The molecule has 4 N–H and O–H groups in total. The standard InChI is InChI=1S/C11H21N3O4/c1-7-5-14(2)4-3-8(7)12-11(18)13-9(6-15)10(16)17/h7-9,15H,3-6H2,1-2H3,(H,16,17)(H2,12,13,18)/t7?,8?,9-/m0/s1. The molecule has 0 aliphatic carbocycles. The second-order valence-corrected chi connectivity index (χ2v) is 4.83. The Kier molecular flexibility index (Phi) is 5.36. The average Bonchev–Trinajstić information content (AvgIpc) is 2.29. The summed E-state index contributed by atoms with van der Waals surface area (Å²) >= 11 is 0. The Morgan fingerprint density at radius 2 is 2.17 bits per heavy atom. The van der Waals surface area contributed by atoms with E-state index in [1.54, 1.807) is 0 Å². The van der Waals surface area contributed by atoms with Crippen molar-refractivity contribution in [1.29, 1.82) is 0 Å². The van der Waals surface area contributed by atoms with Crippen molar-refractivity contribution in [3.63, 3.8) is 0 Å². The minimum absolute atomic E-state index is 0.0364. The lowest BCUT2D eigenvalue weighted by molar-refractivity contribution is -0.140. The first-order chi connectivity index (χ1) is 8.43. The van der Waals surface area contributed by atoms with Gasteiger partial charge in [0.25, 0.3) is 0 Å². The number of carboxylic acids is 1.